The maximum absolute atomic E-state index is 5.77. The lowest BCUT2D eigenvalue weighted by atomic mass is 10.2. The predicted molar refractivity (Wildman–Crippen MR) is 82.9 cm³/mol. The van der Waals surface area contributed by atoms with Crippen molar-refractivity contribution in [3.8, 4) is 17.1 Å². The van der Waals surface area contributed by atoms with Gasteiger partial charge in [-0.3, -0.25) is 0 Å². The van der Waals surface area contributed by atoms with Crippen LogP contribution >= 0.6 is 15.9 Å². The van der Waals surface area contributed by atoms with Crippen molar-refractivity contribution in [2.75, 3.05) is 0 Å². The van der Waals surface area contributed by atoms with E-state index in [0.717, 1.165) is 15.8 Å². The number of halogens is 1. The molecule has 4 nitrogen and oxygen atoms in total. The van der Waals surface area contributed by atoms with Crippen LogP contribution in [0, 0.1) is 0 Å². The summed E-state index contributed by atoms with van der Waals surface area (Å²) in [5.74, 6) is 1.77. The lowest BCUT2D eigenvalue weighted by Gasteiger charge is -2.09. The predicted octanol–water partition coefficient (Wildman–Crippen LogP) is 4.64. The van der Waals surface area contributed by atoms with Crippen LogP contribution in [0.15, 0.2) is 63.6 Å². The molecule has 0 spiro atoms. The minimum absolute atomic E-state index is 0.305. The molecule has 5 heteroatoms. The molecule has 1 heterocycles. The Bertz CT molecular complexity index is 728. The zero-order valence-electron chi connectivity index (χ0n) is 11.4. The Labute approximate surface area is 130 Å². The summed E-state index contributed by atoms with van der Waals surface area (Å²) >= 11 is 3.43. The smallest absolute Gasteiger partial charge is 0.267 e. The van der Waals surface area contributed by atoms with Gasteiger partial charge >= 0.3 is 0 Å². The number of hydrogen-bond donors (Lipinski definition) is 0. The van der Waals surface area contributed by atoms with Crippen molar-refractivity contribution in [3.63, 3.8) is 0 Å². The molecule has 1 atom stereocenters. The van der Waals surface area contributed by atoms with Gasteiger partial charge in [0.2, 0.25) is 5.82 Å². The van der Waals surface area contributed by atoms with Crippen molar-refractivity contribution >= 4 is 15.9 Å². The first-order valence-electron chi connectivity index (χ1n) is 6.53. The van der Waals surface area contributed by atoms with E-state index in [1.807, 2.05) is 61.5 Å². The third kappa shape index (κ3) is 3.31. The van der Waals surface area contributed by atoms with Gasteiger partial charge in [-0.05, 0) is 31.2 Å². The number of aromatic nitrogens is 2. The van der Waals surface area contributed by atoms with Crippen LogP contribution in [0.1, 0.15) is 18.9 Å². The highest BCUT2D eigenvalue weighted by atomic mass is 79.9. The minimum Gasteiger partial charge on any atom is -0.481 e. The van der Waals surface area contributed by atoms with Crippen LogP contribution in [0.3, 0.4) is 0 Å². The van der Waals surface area contributed by atoms with Gasteiger partial charge < -0.3 is 9.26 Å². The summed E-state index contributed by atoms with van der Waals surface area (Å²) in [5.41, 5.74) is 0.895. The van der Waals surface area contributed by atoms with Gasteiger partial charge in [0.25, 0.3) is 5.89 Å². The number of hydrogen-bond acceptors (Lipinski definition) is 4. The number of rotatable bonds is 4. The van der Waals surface area contributed by atoms with Crippen molar-refractivity contribution in [3.05, 3.63) is 65.0 Å². The maximum atomic E-state index is 5.77. The minimum atomic E-state index is -0.305. The number of para-hydroxylation sites is 1. The van der Waals surface area contributed by atoms with Crippen LogP contribution in [-0.4, -0.2) is 10.1 Å². The molecule has 0 aliphatic rings. The van der Waals surface area contributed by atoms with Gasteiger partial charge in [-0.25, -0.2) is 0 Å². The summed E-state index contributed by atoms with van der Waals surface area (Å²) < 4.78 is 12.0. The molecule has 21 heavy (non-hydrogen) atoms. The molecule has 0 fully saturated rings. The molecule has 0 unspecified atom stereocenters. The van der Waals surface area contributed by atoms with Gasteiger partial charge in [0.15, 0.2) is 6.10 Å². The molecule has 0 radical (unpaired) electrons. The van der Waals surface area contributed by atoms with Crippen molar-refractivity contribution in [2.45, 2.75) is 13.0 Å². The molecule has 0 saturated carbocycles. The SMILES string of the molecule is C[C@@H](Oc1ccccc1)c1nc(-c2cccc(Br)c2)no1. The molecule has 2 aromatic carbocycles. The number of nitrogens with zero attached hydrogens (tertiary/aromatic N) is 2. The number of benzene rings is 2. The molecule has 1 aromatic heterocycles. The summed E-state index contributed by atoms with van der Waals surface area (Å²) in [6.07, 6.45) is -0.305. The molecule has 3 aromatic rings. The van der Waals surface area contributed by atoms with Gasteiger partial charge in [-0.1, -0.05) is 51.4 Å². The van der Waals surface area contributed by atoms with E-state index in [1.165, 1.54) is 0 Å². The van der Waals surface area contributed by atoms with E-state index in [2.05, 4.69) is 26.1 Å². The van der Waals surface area contributed by atoms with Crippen LogP contribution in [0.25, 0.3) is 11.4 Å². The fourth-order valence-electron chi connectivity index (χ4n) is 1.90. The highest BCUT2D eigenvalue weighted by Crippen LogP contribution is 2.24. The Morgan fingerprint density at radius 3 is 2.67 bits per heavy atom. The summed E-state index contributed by atoms with van der Waals surface area (Å²) in [5, 5.41) is 4.00. The highest BCUT2D eigenvalue weighted by molar-refractivity contribution is 9.10. The van der Waals surface area contributed by atoms with E-state index < -0.39 is 0 Å². The second-order valence-corrected chi connectivity index (χ2v) is 5.46. The average molecular weight is 345 g/mol. The van der Waals surface area contributed by atoms with Crippen LogP contribution in [0.5, 0.6) is 5.75 Å². The fourth-order valence-corrected chi connectivity index (χ4v) is 2.30. The van der Waals surface area contributed by atoms with Crippen LogP contribution in [0.4, 0.5) is 0 Å². The Balaban J connectivity index is 1.78. The molecule has 0 saturated heterocycles. The van der Waals surface area contributed by atoms with Gasteiger partial charge in [0.05, 0.1) is 0 Å². The molecular formula is C16H13BrN2O2. The summed E-state index contributed by atoms with van der Waals surface area (Å²) in [7, 11) is 0. The van der Waals surface area contributed by atoms with E-state index in [4.69, 9.17) is 9.26 Å². The van der Waals surface area contributed by atoms with Crippen LogP contribution < -0.4 is 4.74 Å². The molecule has 0 aliphatic heterocycles. The highest BCUT2D eigenvalue weighted by Gasteiger charge is 2.16. The zero-order chi connectivity index (χ0) is 14.7. The largest absolute Gasteiger partial charge is 0.481 e. The first-order valence-corrected chi connectivity index (χ1v) is 7.33. The Kier molecular flexibility index (Phi) is 4.01. The first kappa shape index (κ1) is 13.8. The van der Waals surface area contributed by atoms with Crippen molar-refractivity contribution in [1.29, 1.82) is 0 Å². The Morgan fingerprint density at radius 1 is 1.10 bits per heavy atom. The van der Waals surface area contributed by atoms with Crippen molar-refractivity contribution in [2.24, 2.45) is 0 Å². The van der Waals surface area contributed by atoms with E-state index >= 15 is 0 Å². The maximum Gasteiger partial charge on any atom is 0.267 e. The molecule has 3 rings (SSSR count). The van der Waals surface area contributed by atoms with E-state index in [-0.39, 0.29) is 6.10 Å². The first-order chi connectivity index (χ1) is 10.2. The third-order valence-electron chi connectivity index (χ3n) is 2.93. The molecule has 0 aliphatic carbocycles. The van der Waals surface area contributed by atoms with Gasteiger partial charge in [-0.15, -0.1) is 0 Å². The van der Waals surface area contributed by atoms with Crippen LogP contribution in [-0.2, 0) is 0 Å². The van der Waals surface area contributed by atoms with Crippen molar-refractivity contribution < 1.29 is 9.26 Å². The van der Waals surface area contributed by atoms with Gasteiger partial charge in [0, 0.05) is 10.0 Å². The van der Waals surface area contributed by atoms with Crippen molar-refractivity contribution in [1.82, 2.24) is 10.1 Å². The standard InChI is InChI=1S/C16H13BrN2O2/c1-11(20-14-8-3-2-4-9-14)16-18-15(19-21-16)12-6-5-7-13(17)10-12/h2-11H,1H3/t11-/m1/s1. The summed E-state index contributed by atoms with van der Waals surface area (Å²) in [6.45, 7) is 1.88. The Morgan fingerprint density at radius 2 is 1.90 bits per heavy atom. The Hall–Kier alpha value is -2.14. The molecule has 0 N–H and O–H groups in total. The monoisotopic (exact) mass is 344 g/mol. The van der Waals surface area contributed by atoms with Crippen LogP contribution in [0.2, 0.25) is 0 Å². The molecule has 0 bridgehead atoms. The molecule has 106 valence electrons. The van der Waals surface area contributed by atoms with E-state index in [0.29, 0.717) is 11.7 Å². The molecular weight excluding hydrogens is 332 g/mol. The summed E-state index contributed by atoms with van der Waals surface area (Å²) in [6, 6.07) is 17.3. The second-order valence-electron chi connectivity index (χ2n) is 4.54. The third-order valence-corrected chi connectivity index (χ3v) is 3.42. The number of ether oxygens (including phenoxy) is 1. The fraction of sp³-hybridized carbons (Fsp3) is 0.125. The van der Waals surface area contributed by atoms with E-state index in [9.17, 15) is 0 Å². The zero-order valence-corrected chi connectivity index (χ0v) is 12.9. The topological polar surface area (TPSA) is 48.2 Å². The second kappa shape index (κ2) is 6.10. The van der Waals surface area contributed by atoms with Gasteiger partial charge in [0.1, 0.15) is 5.75 Å². The average Bonchev–Trinajstić information content (AvgIpc) is 2.98. The molecule has 0 amide bonds. The van der Waals surface area contributed by atoms with E-state index in [1.54, 1.807) is 0 Å². The normalized spacial score (nSPS) is 12.1. The summed E-state index contributed by atoms with van der Waals surface area (Å²) in [4.78, 5) is 4.39. The van der Waals surface area contributed by atoms with Gasteiger partial charge in [-0.2, -0.15) is 4.98 Å². The lowest BCUT2D eigenvalue weighted by molar-refractivity contribution is 0.176. The lowest BCUT2D eigenvalue weighted by Crippen LogP contribution is -2.03. The quantitative estimate of drug-likeness (QED) is 0.691.